The molecule has 4 atom stereocenters. The maximum atomic E-state index is 12.4. The van der Waals surface area contributed by atoms with Crippen LogP contribution in [-0.2, 0) is 9.53 Å². The minimum absolute atomic E-state index is 0.0899. The molecule has 8 heteroatoms. The number of alkyl halides is 6. The van der Waals surface area contributed by atoms with Crippen LogP contribution >= 0.6 is 0 Å². The zero-order valence-electron chi connectivity index (χ0n) is 20.6. The van der Waals surface area contributed by atoms with Crippen molar-refractivity contribution in [3.8, 4) is 0 Å². The summed E-state index contributed by atoms with van der Waals surface area (Å²) in [7, 11) is 1.47. The van der Waals surface area contributed by atoms with Gasteiger partial charge >= 0.3 is 18.3 Å². The van der Waals surface area contributed by atoms with Crippen LogP contribution < -0.4 is 0 Å². The van der Waals surface area contributed by atoms with Crippen LogP contribution in [0.4, 0.5) is 26.3 Å². The van der Waals surface area contributed by atoms with Crippen molar-refractivity contribution in [2.45, 2.75) is 99.3 Å². The van der Waals surface area contributed by atoms with E-state index in [4.69, 9.17) is 4.74 Å². The zero-order chi connectivity index (χ0) is 25.3. The molecule has 2 fully saturated rings. The first-order chi connectivity index (χ1) is 14.1. The van der Waals surface area contributed by atoms with Crippen molar-refractivity contribution < 1.29 is 35.9 Å². The van der Waals surface area contributed by atoms with Crippen molar-refractivity contribution in [1.82, 2.24) is 0 Å². The third kappa shape index (κ3) is 7.54. The number of halogens is 6. The molecule has 0 aromatic carbocycles. The summed E-state index contributed by atoms with van der Waals surface area (Å²) < 4.78 is 79.3. The number of fused-ring (bicyclic) bond motifs is 2. The average Bonchev–Trinajstić information content (AvgIpc) is 3.17. The van der Waals surface area contributed by atoms with Crippen LogP contribution in [0.1, 0.15) is 87.0 Å². The molecule has 190 valence electrons. The van der Waals surface area contributed by atoms with E-state index >= 15 is 0 Å². The molecule has 2 aliphatic carbocycles. The molecule has 2 bridgehead atoms. The summed E-state index contributed by atoms with van der Waals surface area (Å²) in [5.74, 6) is -3.18. The van der Waals surface area contributed by atoms with E-state index in [0.717, 1.165) is 25.7 Å². The van der Waals surface area contributed by atoms with Crippen LogP contribution in [0.25, 0.3) is 0 Å². The van der Waals surface area contributed by atoms with Crippen LogP contribution in [-0.4, -0.2) is 25.4 Å². The summed E-state index contributed by atoms with van der Waals surface area (Å²) in [6.45, 7) is 14.7. The van der Waals surface area contributed by atoms with E-state index < -0.39 is 30.1 Å². The van der Waals surface area contributed by atoms with E-state index in [2.05, 4.69) is 41.5 Å². The smallest absolute Gasteiger partial charge is 0.400 e. The number of hydrogen-bond acceptors (Lipinski definition) is 2. The van der Waals surface area contributed by atoms with Crippen LogP contribution in [0.15, 0.2) is 0 Å². The van der Waals surface area contributed by atoms with E-state index in [-0.39, 0.29) is 28.6 Å². The third-order valence-electron chi connectivity index (χ3n) is 7.39. The molecule has 0 aromatic heterocycles. The molecule has 0 heterocycles. The second-order valence-corrected chi connectivity index (χ2v) is 12.1. The maximum absolute atomic E-state index is 12.4. The highest BCUT2D eigenvalue weighted by molar-refractivity contribution is 5.77. The molecule has 32 heavy (non-hydrogen) atoms. The zero-order valence-corrected chi connectivity index (χ0v) is 20.6. The molecular formula is C24H40F6O2. The number of ether oxygens (including phenoxy) is 1. The fraction of sp³-hybridized carbons (Fsp3) is 0.958. The minimum atomic E-state index is -5.17. The molecule has 0 saturated heterocycles. The lowest BCUT2D eigenvalue weighted by molar-refractivity contribution is -0.289. The van der Waals surface area contributed by atoms with E-state index in [1.54, 1.807) is 0 Å². The van der Waals surface area contributed by atoms with Gasteiger partial charge < -0.3 is 4.74 Å². The van der Waals surface area contributed by atoms with Gasteiger partial charge in [0.1, 0.15) is 0 Å². The highest BCUT2D eigenvalue weighted by atomic mass is 19.4. The van der Waals surface area contributed by atoms with Gasteiger partial charge in [0.2, 0.25) is 0 Å². The van der Waals surface area contributed by atoms with E-state index in [9.17, 15) is 31.1 Å². The van der Waals surface area contributed by atoms with Gasteiger partial charge in [0, 0.05) is 0 Å². The Morgan fingerprint density at radius 2 is 1.38 bits per heavy atom. The topological polar surface area (TPSA) is 26.3 Å². The van der Waals surface area contributed by atoms with Gasteiger partial charge in [-0.05, 0) is 67.6 Å². The summed E-state index contributed by atoms with van der Waals surface area (Å²) in [5, 5.41) is 0. The summed E-state index contributed by atoms with van der Waals surface area (Å²) in [6, 6.07) is 0. The fourth-order valence-electron chi connectivity index (χ4n) is 5.35. The molecule has 0 radical (unpaired) electrons. The van der Waals surface area contributed by atoms with Crippen molar-refractivity contribution in [3.63, 3.8) is 0 Å². The van der Waals surface area contributed by atoms with Crippen molar-refractivity contribution in [2.24, 2.45) is 39.9 Å². The Labute approximate surface area is 188 Å². The first-order valence-electron chi connectivity index (χ1n) is 11.3. The lowest BCUT2D eigenvalue weighted by Gasteiger charge is -2.43. The normalized spacial score (nSPS) is 25.9. The number of carbonyl (C=O) groups excluding carboxylic acids is 1. The number of carbonyl (C=O) groups is 1. The first kappa shape index (κ1) is 29.1. The summed E-state index contributed by atoms with van der Waals surface area (Å²) in [4.78, 5) is 11.9. The van der Waals surface area contributed by atoms with Crippen molar-refractivity contribution in [3.05, 3.63) is 0 Å². The quantitative estimate of drug-likeness (QED) is 0.303. The van der Waals surface area contributed by atoms with Gasteiger partial charge in [-0.3, -0.25) is 4.79 Å². The Hall–Kier alpha value is -0.950. The van der Waals surface area contributed by atoms with Crippen molar-refractivity contribution in [2.75, 3.05) is 7.11 Å². The Morgan fingerprint density at radius 3 is 1.66 bits per heavy atom. The molecule has 2 rings (SSSR count). The van der Waals surface area contributed by atoms with E-state index in [0.29, 0.717) is 12.3 Å². The molecule has 0 amide bonds. The summed E-state index contributed by atoms with van der Waals surface area (Å²) in [5.41, 5.74) is -0.399. The van der Waals surface area contributed by atoms with Gasteiger partial charge in [-0.2, -0.15) is 26.3 Å². The Balaban J connectivity index is 0.000000324. The lowest BCUT2D eigenvalue weighted by atomic mass is 9.61. The van der Waals surface area contributed by atoms with Crippen LogP contribution in [0.3, 0.4) is 0 Å². The average molecular weight is 475 g/mol. The van der Waals surface area contributed by atoms with Gasteiger partial charge in [0.25, 0.3) is 0 Å². The SMILES string of the molecule is COC(=O)C(C)(CC(C)(C)C)C(C)(C)C.FC(F)(F)C(CC1CC2CCC1C2)C(F)(F)F. The molecule has 2 aliphatic rings. The first-order valence-corrected chi connectivity index (χ1v) is 11.3. The number of hydrogen-bond donors (Lipinski definition) is 0. The predicted octanol–water partition coefficient (Wildman–Crippen LogP) is 8.20. The van der Waals surface area contributed by atoms with E-state index in [1.807, 2.05) is 6.92 Å². The van der Waals surface area contributed by atoms with Gasteiger partial charge in [0.05, 0.1) is 12.5 Å². The molecule has 0 aliphatic heterocycles. The highest BCUT2D eigenvalue weighted by Crippen LogP contribution is 2.53. The number of esters is 1. The van der Waals surface area contributed by atoms with Crippen LogP contribution in [0.5, 0.6) is 0 Å². The molecule has 0 spiro atoms. The maximum Gasteiger partial charge on any atom is 0.400 e. The largest absolute Gasteiger partial charge is 0.469 e. The molecular weight excluding hydrogens is 434 g/mol. The fourth-order valence-corrected chi connectivity index (χ4v) is 5.35. The lowest BCUT2D eigenvalue weighted by Crippen LogP contribution is -2.43. The van der Waals surface area contributed by atoms with Crippen molar-refractivity contribution in [1.29, 1.82) is 0 Å². The molecule has 2 saturated carbocycles. The van der Waals surface area contributed by atoms with Crippen LogP contribution in [0, 0.1) is 39.9 Å². The second-order valence-electron chi connectivity index (χ2n) is 12.1. The minimum Gasteiger partial charge on any atom is -0.469 e. The standard InChI is InChI=1S/C13H26O2.C11H14F6/c1-11(2,3)9-13(7,10(14)15-8)12(4,5)6;12-10(13,14)9(11(15,16)17)5-8-4-6-1-2-7(8)3-6/h9H2,1-8H3;6-9H,1-5H2. The van der Waals surface area contributed by atoms with Gasteiger partial charge in [-0.15, -0.1) is 0 Å². The van der Waals surface area contributed by atoms with Gasteiger partial charge in [-0.1, -0.05) is 48.0 Å². The summed E-state index contributed by atoms with van der Waals surface area (Å²) >= 11 is 0. The molecule has 0 aromatic rings. The monoisotopic (exact) mass is 474 g/mol. The third-order valence-corrected chi connectivity index (χ3v) is 7.39. The number of methoxy groups -OCH3 is 1. The number of rotatable bonds is 4. The molecule has 0 N–H and O–H groups in total. The van der Waals surface area contributed by atoms with Gasteiger partial charge in [-0.25, -0.2) is 0 Å². The van der Waals surface area contributed by atoms with Crippen LogP contribution in [0.2, 0.25) is 0 Å². The second kappa shape index (κ2) is 9.73. The predicted molar refractivity (Wildman–Crippen MR) is 113 cm³/mol. The Kier molecular flexibility index (Phi) is 8.84. The van der Waals surface area contributed by atoms with E-state index in [1.165, 1.54) is 7.11 Å². The molecule has 4 unspecified atom stereocenters. The molecule has 2 nitrogen and oxygen atoms in total. The Morgan fingerprint density at radius 1 is 0.875 bits per heavy atom. The highest BCUT2D eigenvalue weighted by Gasteiger charge is 2.58. The summed E-state index contributed by atoms with van der Waals surface area (Å²) in [6.07, 6.45) is -7.12. The Bertz CT molecular complexity index is 612. The van der Waals surface area contributed by atoms with Crippen molar-refractivity contribution >= 4 is 5.97 Å². The van der Waals surface area contributed by atoms with Gasteiger partial charge in [0.15, 0.2) is 5.92 Å².